The van der Waals surface area contributed by atoms with E-state index in [0.29, 0.717) is 10.3 Å². The molecule has 0 aliphatic carbocycles. The largest absolute Gasteiger partial charge is 0.478 e. The number of nitrogens with zero attached hydrogens (tertiary/aromatic N) is 1. The van der Waals surface area contributed by atoms with Gasteiger partial charge in [-0.15, -0.1) is 0 Å². The van der Waals surface area contributed by atoms with E-state index in [1.807, 2.05) is 13.8 Å². The number of hydrogen-bond acceptors (Lipinski definition) is 3. The summed E-state index contributed by atoms with van der Waals surface area (Å²) in [5.41, 5.74) is 0.185. The summed E-state index contributed by atoms with van der Waals surface area (Å²) in [5.74, 6) is -0.561. The number of hydrogen-bond donors (Lipinski definition) is 2. The van der Waals surface area contributed by atoms with E-state index in [2.05, 4.69) is 26.2 Å². The fraction of sp³-hybridized carbons (Fsp3) is 0.400. The van der Waals surface area contributed by atoms with Crippen LogP contribution in [0.4, 0.5) is 5.82 Å². The molecule has 0 saturated carbocycles. The maximum Gasteiger partial charge on any atom is 0.339 e. The molecule has 0 aliphatic rings. The van der Waals surface area contributed by atoms with Crippen LogP contribution in [0, 0.1) is 0 Å². The van der Waals surface area contributed by atoms with Crippen LogP contribution in [0.25, 0.3) is 0 Å². The van der Waals surface area contributed by atoms with Crippen molar-refractivity contribution in [1.29, 1.82) is 0 Å². The molecule has 4 nitrogen and oxygen atoms in total. The summed E-state index contributed by atoms with van der Waals surface area (Å²) in [6, 6.07) is 1.75. The zero-order valence-corrected chi connectivity index (χ0v) is 10.2. The first-order valence-corrected chi connectivity index (χ1v) is 5.49. The fourth-order valence-electron chi connectivity index (χ4n) is 1.05. The number of carboxylic acid groups (broad SMARTS) is 1. The molecular weight excluding hydrogens is 260 g/mol. The highest BCUT2D eigenvalue weighted by atomic mass is 79.9. The highest BCUT2D eigenvalue weighted by Crippen LogP contribution is 2.19. The lowest BCUT2D eigenvalue weighted by atomic mass is 10.2. The lowest BCUT2D eigenvalue weighted by Gasteiger charge is -2.13. The van der Waals surface area contributed by atoms with Gasteiger partial charge in [-0.25, -0.2) is 9.78 Å². The minimum atomic E-state index is -0.977. The molecule has 1 aromatic rings. The van der Waals surface area contributed by atoms with Gasteiger partial charge in [0.25, 0.3) is 0 Å². The molecule has 5 heteroatoms. The molecule has 1 atom stereocenters. The van der Waals surface area contributed by atoms with Gasteiger partial charge in [0.1, 0.15) is 11.4 Å². The number of anilines is 1. The van der Waals surface area contributed by atoms with Crippen LogP contribution in [0.2, 0.25) is 0 Å². The Bertz CT molecular complexity index is 368. The molecule has 0 unspecified atom stereocenters. The average Bonchev–Trinajstić information content (AvgIpc) is 2.20. The quantitative estimate of drug-likeness (QED) is 0.885. The van der Waals surface area contributed by atoms with Crippen molar-refractivity contribution in [3.63, 3.8) is 0 Å². The van der Waals surface area contributed by atoms with Crippen LogP contribution < -0.4 is 5.32 Å². The van der Waals surface area contributed by atoms with Gasteiger partial charge in [-0.3, -0.25) is 0 Å². The molecule has 0 amide bonds. The molecule has 0 saturated heterocycles. The standard InChI is InChI=1S/C10H13BrN2O2/c1-3-6(2)13-9-8(10(14)15)4-7(11)5-12-9/h4-6H,3H2,1-2H3,(H,12,13)(H,14,15)/t6-/m1/s1. The smallest absolute Gasteiger partial charge is 0.339 e. The van der Waals surface area contributed by atoms with E-state index in [0.717, 1.165) is 6.42 Å². The van der Waals surface area contributed by atoms with Crippen LogP contribution in [0.5, 0.6) is 0 Å². The van der Waals surface area contributed by atoms with Crippen LogP contribution in [0.3, 0.4) is 0 Å². The van der Waals surface area contributed by atoms with E-state index in [1.165, 1.54) is 0 Å². The molecule has 82 valence electrons. The molecule has 0 aromatic carbocycles. The summed E-state index contributed by atoms with van der Waals surface area (Å²) in [7, 11) is 0. The lowest BCUT2D eigenvalue weighted by Crippen LogP contribution is -2.17. The Hall–Kier alpha value is -1.10. The topological polar surface area (TPSA) is 62.2 Å². The van der Waals surface area contributed by atoms with E-state index in [-0.39, 0.29) is 11.6 Å². The summed E-state index contributed by atoms with van der Waals surface area (Å²) in [6.07, 6.45) is 2.49. The third-order valence-corrected chi connectivity index (χ3v) is 2.51. The Morgan fingerprint density at radius 2 is 2.40 bits per heavy atom. The third-order valence-electron chi connectivity index (χ3n) is 2.08. The van der Waals surface area contributed by atoms with Gasteiger partial charge in [0, 0.05) is 16.7 Å². The Morgan fingerprint density at radius 3 is 2.93 bits per heavy atom. The molecule has 0 spiro atoms. The second-order valence-electron chi connectivity index (χ2n) is 3.31. The molecule has 1 aromatic heterocycles. The predicted molar refractivity (Wildman–Crippen MR) is 62.3 cm³/mol. The van der Waals surface area contributed by atoms with Crippen LogP contribution in [0.15, 0.2) is 16.7 Å². The van der Waals surface area contributed by atoms with Crippen LogP contribution in [-0.2, 0) is 0 Å². The fourth-order valence-corrected chi connectivity index (χ4v) is 1.38. The van der Waals surface area contributed by atoms with Crippen molar-refractivity contribution in [3.8, 4) is 0 Å². The summed E-state index contributed by atoms with van der Waals surface area (Å²) >= 11 is 3.19. The van der Waals surface area contributed by atoms with Gasteiger partial charge >= 0.3 is 5.97 Å². The van der Waals surface area contributed by atoms with Crippen LogP contribution >= 0.6 is 15.9 Å². The predicted octanol–water partition coefficient (Wildman–Crippen LogP) is 2.75. The van der Waals surface area contributed by atoms with Gasteiger partial charge in [0.15, 0.2) is 0 Å². The van der Waals surface area contributed by atoms with Gasteiger partial charge in [0.2, 0.25) is 0 Å². The summed E-state index contributed by atoms with van der Waals surface area (Å²) in [6.45, 7) is 4.01. The van der Waals surface area contributed by atoms with Crippen molar-refractivity contribution in [2.24, 2.45) is 0 Å². The summed E-state index contributed by atoms with van der Waals surface area (Å²) in [4.78, 5) is 15.0. The number of carboxylic acids is 1. The second-order valence-corrected chi connectivity index (χ2v) is 4.22. The molecule has 1 rings (SSSR count). The van der Waals surface area contributed by atoms with Crippen molar-refractivity contribution in [2.45, 2.75) is 26.3 Å². The van der Waals surface area contributed by atoms with Crippen LogP contribution in [-0.4, -0.2) is 22.1 Å². The first-order valence-electron chi connectivity index (χ1n) is 4.70. The minimum Gasteiger partial charge on any atom is -0.478 e. The Kier molecular flexibility index (Phi) is 4.08. The minimum absolute atomic E-state index is 0.185. The van der Waals surface area contributed by atoms with E-state index >= 15 is 0 Å². The van der Waals surface area contributed by atoms with Gasteiger partial charge in [0.05, 0.1) is 0 Å². The maximum atomic E-state index is 10.9. The highest BCUT2D eigenvalue weighted by molar-refractivity contribution is 9.10. The van der Waals surface area contributed by atoms with Crippen molar-refractivity contribution in [3.05, 3.63) is 22.3 Å². The molecule has 0 radical (unpaired) electrons. The van der Waals surface area contributed by atoms with E-state index in [4.69, 9.17) is 5.11 Å². The lowest BCUT2D eigenvalue weighted by molar-refractivity contribution is 0.0697. The van der Waals surface area contributed by atoms with Gasteiger partial charge < -0.3 is 10.4 Å². The van der Waals surface area contributed by atoms with E-state index < -0.39 is 5.97 Å². The summed E-state index contributed by atoms with van der Waals surface area (Å²) in [5, 5.41) is 12.0. The van der Waals surface area contributed by atoms with Gasteiger partial charge in [-0.2, -0.15) is 0 Å². The number of aromatic nitrogens is 1. The number of carbonyl (C=O) groups is 1. The Labute approximate surface area is 96.8 Å². The first kappa shape index (κ1) is 12.0. The first-order chi connectivity index (χ1) is 7.04. The van der Waals surface area contributed by atoms with Crippen LogP contribution in [0.1, 0.15) is 30.6 Å². The molecular formula is C10H13BrN2O2. The van der Waals surface area contributed by atoms with E-state index in [9.17, 15) is 4.79 Å². The SMILES string of the molecule is CC[C@@H](C)Nc1ncc(Br)cc1C(=O)O. The van der Waals surface area contributed by atoms with E-state index in [1.54, 1.807) is 12.3 Å². The molecule has 0 fully saturated rings. The number of halogens is 1. The van der Waals surface area contributed by atoms with Crippen molar-refractivity contribution < 1.29 is 9.90 Å². The normalized spacial score (nSPS) is 12.2. The third kappa shape index (κ3) is 3.20. The molecule has 0 aliphatic heterocycles. The maximum absolute atomic E-state index is 10.9. The molecule has 1 heterocycles. The number of pyridine rings is 1. The zero-order valence-electron chi connectivity index (χ0n) is 8.62. The number of rotatable bonds is 4. The Balaban J connectivity index is 3.01. The monoisotopic (exact) mass is 272 g/mol. The molecule has 2 N–H and O–H groups in total. The number of aromatic carboxylic acids is 1. The number of nitrogens with one attached hydrogen (secondary N) is 1. The zero-order chi connectivity index (χ0) is 11.4. The van der Waals surface area contributed by atoms with Crippen molar-refractivity contribution >= 4 is 27.7 Å². The average molecular weight is 273 g/mol. The van der Waals surface area contributed by atoms with Crippen molar-refractivity contribution in [2.75, 3.05) is 5.32 Å². The van der Waals surface area contributed by atoms with Gasteiger partial charge in [-0.1, -0.05) is 6.92 Å². The van der Waals surface area contributed by atoms with Crippen molar-refractivity contribution in [1.82, 2.24) is 4.98 Å². The molecule has 15 heavy (non-hydrogen) atoms. The van der Waals surface area contributed by atoms with Gasteiger partial charge in [-0.05, 0) is 35.3 Å². The highest BCUT2D eigenvalue weighted by Gasteiger charge is 2.13. The molecule has 0 bridgehead atoms. The Morgan fingerprint density at radius 1 is 1.73 bits per heavy atom. The summed E-state index contributed by atoms with van der Waals surface area (Å²) < 4.78 is 0.662. The second kappa shape index (κ2) is 5.11.